The Labute approximate surface area is 137 Å². The van der Waals surface area contributed by atoms with Gasteiger partial charge in [0.05, 0.1) is 12.1 Å². The predicted octanol–water partition coefficient (Wildman–Crippen LogP) is 3.32. The molecule has 0 fully saturated rings. The molecule has 0 aliphatic heterocycles. The normalized spacial score (nSPS) is 10.0. The highest BCUT2D eigenvalue weighted by Gasteiger charge is 2.14. The Morgan fingerprint density at radius 1 is 1.30 bits per heavy atom. The lowest BCUT2D eigenvalue weighted by Gasteiger charge is -2.13. The predicted molar refractivity (Wildman–Crippen MR) is 83.9 cm³/mol. The minimum Gasteiger partial charge on any atom is -0.493 e. The quantitative estimate of drug-likeness (QED) is 0.821. The van der Waals surface area contributed by atoms with Gasteiger partial charge in [-0.15, -0.1) is 0 Å². The number of anilines is 1. The highest BCUT2D eigenvalue weighted by molar-refractivity contribution is 6.32. The van der Waals surface area contributed by atoms with Gasteiger partial charge in [0.25, 0.3) is 5.91 Å². The highest BCUT2D eigenvalue weighted by atomic mass is 35.5. The van der Waals surface area contributed by atoms with E-state index in [1.807, 2.05) is 0 Å². The SMILES string of the molecule is COc1cc(C=O)cc(Cl)c1OCC(=O)Nc1ccc(F)cc1. The van der Waals surface area contributed by atoms with Crippen molar-refractivity contribution >= 4 is 29.5 Å². The van der Waals surface area contributed by atoms with Crippen LogP contribution in [0.4, 0.5) is 10.1 Å². The molecule has 23 heavy (non-hydrogen) atoms. The summed E-state index contributed by atoms with van der Waals surface area (Å²) in [6.45, 7) is -0.326. The third-order valence-electron chi connectivity index (χ3n) is 2.86. The lowest BCUT2D eigenvalue weighted by atomic mass is 10.2. The number of amides is 1. The van der Waals surface area contributed by atoms with E-state index in [-0.39, 0.29) is 23.1 Å². The van der Waals surface area contributed by atoms with E-state index in [2.05, 4.69) is 5.32 Å². The van der Waals surface area contributed by atoms with E-state index in [1.165, 1.54) is 43.5 Å². The molecule has 2 rings (SSSR count). The first-order valence-corrected chi connectivity index (χ1v) is 6.92. The van der Waals surface area contributed by atoms with Crippen molar-refractivity contribution in [3.63, 3.8) is 0 Å². The Kier molecular flexibility index (Phi) is 5.54. The average molecular weight is 338 g/mol. The van der Waals surface area contributed by atoms with Gasteiger partial charge in [-0.25, -0.2) is 4.39 Å². The number of halogens is 2. The summed E-state index contributed by atoms with van der Waals surface area (Å²) in [4.78, 5) is 22.6. The second kappa shape index (κ2) is 7.60. The number of rotatable bonds is 6. The summed E-state index contributed by atoms with van der Waals surface area (Å²) < 4.78 is 23.2. The molecule has 0 unspecified atom stereocenters. The fraction of sp³-hybridized carbons (Fsp3) is 0.125. The fourth-order valence-corrected chi connectivity index (χ4v) is 2.09. The van der Waals surface area contributed by atoms with Gasteiger partial charge in [-0.05, 0) is 36.4 Å². The monoisotopic (exact) mass is 337 g/mol. The molecule has 0 heterocycles. The van der Waals surface area contributed by atoms with Gasteiger partial charge in [0.15, 0.2) is 18.1 Å². The number of carbonyl (C=O) groups excluding carboxylic acids is 2. The lowest BCUT2D eigenvalue weighted by Crippen LogP contribution is -2.20. The zero-order valence-electron chi connectivity index (χ0n) is 12.1. The molecule has 2 aromatic carbocycles. The van der Waals surface area contributed by atoms with E-state index in [1.54, 1.807) is 0 Å². The zero-order valence-corrected chi connectivity index (χ0v) is 12.9. The van der Waals surface area contributed by atoms with Crippen LogP contribution in [0.1, 0.15) is 10.4 Å². The second-order valence-corrected chi connectivity index (χ2v) is 4.90. The summed E-state index contributed by atoms with van der Waals surface area (Å²) in [5, 5.41) is 2.70. The fourth-order valence-electron chi connectivity index (χ4n) is 1.82. The van der Waals surface area contributed by atoms with Crippen LogP contribution < -0.4 is 14.8 Å². The first-order valence-electron chi connectivity index (χ1n) is 6.54. The van der Waals surface area contributed by atoms with Gasteiger partial charge in [-0.2, -0.15) is 0 Å². The maximum absolute atomic E-state index is 12.8. The van der Waals surface area contributed by atoms with Crippen LogP contribution >= 0.6 is 11.6 Å². The van der Waals surface area contributed by atoms with Crippen LogP contribution in [0.5, 0.6) is 11.5 Å². The summed E-state index contributed by atoms with van der Waals surface area (Å²) in [5.41, 5.74) is 0.768. The largest absolute Gasteiger partial charge is 0.493 e. The van der Waals surface area contributed by atoms with Crippen molar-refractivity contribution in [1.82, 2.24) is 0 Å². The van der Waals surface area contributed by atoms with Crippen LogP contribution in [-0.4, -0.2) is 25.9 Å². The molecule has 0 atom stereocenters. The van der Waals surface area contributed by atoms with E-state index >= 15 is 0 Å². The van der Waals surface area contributed by atoms with Gasteiger partial charge >= 0.3 is 0 Å². The van der Waals surface area contributed by atoms with E-state index in [0.29, 0.717) is 17.5 Å². The molecule has 7 heteroatoms. The molecule has 0 spiro atoms. The maximum Gasteiger partial charge on any atom is 0.262 e. The van der Waals surface area contributed by atoms with Crippen LogP contribution in [-0.2, 0) is 4.79 Å². The molecule has 0 saturated carbocycles. The van der Waals surface area contributed by atoms with Crippen LogP contribution in [0, 0.1) is 5.82 Å². The summed E-state index contributed by atoms with van der Waals surface area (Å²) in [6.07, 6.45) is 0.624. The van der Waals surface area contributed by atoms with Crippen molar-refractivity contribution in [3.05, 3.63) is 52.8 Å². The highest BCUT2D eigenvalue weighted by Crippen LogP contribution is 2.36. The smallest absolute Gasteiger partial charge is 0.262 e. The Hall–Kier alpha value is -2.60. The van der Waals surface area contributed by atoms with Crippen molar-refractivity contribution in [2.75, 3.05) is 19.0 Å². The van der Waals surface area contributed by atoms with E-state index in [4.69, 9.17) is 21.1 Å². The van der Waals surface area contributed by atoms with Gasteiger partial charge in [0, 0.05) is 11.3 Å². The van der Waals surface area contributed by atoms with E-state index < -0.39 is 11.7 Å². The van der Waals surface area contributed by atoms with Crippen LogP contribution in [0.2, 0.25) is 5.02 Å². The van der Waals surface area contributed by atoms with Crippen molar-refractivity contribution in [2.45, 2.75) is 0 Å². The molecule has 2 aromatic rings. The summed E-state index contributed by atoms with van der Waals surface area (Å²) in [6, 6.07) is 8.18. The first-order chi connectivity index (χ1) is 11.0. The summed E-state index contributed by atoms with van der Waals surface area (Å²) in [7, 11) is 1.39. The molecular weight excluding hydrogens is 325 g/mol. The van der Waals surface area contributed by atoms with Crippen molar-refractivity contribution in [1.29, 1.82) is 0 Å². The van der Waals surface area contributed by atoms with Gasteiger partial charge in [0.1, 0.15) is 12.1 Å². The van der Waals surface area contributed by atoms with Crippen LogP contribution in [0.3, 0.4) is 0 Å². The second-order valence-electron chi connectivity index (χ2n) is 4.50. The minimum atomic E-state index is -0.450. The molecule has 0 bridgehead atoms. The molecule has 0 aromatic heterocycles. The van der Waals surface area contributed by atoms with Crippen LogP contribution in [0.25, 0.3) is 0 Å². The number of benzene rings is 2. The molecule has 5 nitrogen and oxygen atoms in total. The lowest BCUT2D eigenvalue weighted by molar-refractivity contribution is -0.118. The zero-order chi connectivity index (χ0) is 16.8. The molecule has 120 valence electrons. The van der Waals surface area contributed by atoms with Gasteiger partial charge in [0.2, 0.25) is 0 Å². The molecular formula is C16H13ClFNO4. The van der Waals surface area contributed by atoms with Gasteiger partial charge in [-0.3, -0.25) is 9.59 Å². The third-order valence-corrected chi connectivity index (χ3v) is 3.14. The molecule has 1 N–H and O–H groups in total. The number of ether oxygens (including phenoxy) is 2. The number of nitrogens with one attached hydrogen (secondary N) is 1. The van der Waals surface area contributed by atoms with Gasteiger partial charge < -0.3 is 14.8 Å². The number of hydrogen-bond acceptors (Lipinski definition) is 4. The molecule has 1 amide bonds. The number of methoxy groups -OCH3 is 1. The third kappa shape index (κ3) is 4.43. The molecule has 0 saturated heterocycles. The minimum absolute atomic E-state index is 0.154. The summed E-state index contributed by atoms with van der Waals surface area (Å²) >= 11 is 6.02. The Bertz CT molecular complexity index is 719. The van der Waals surface area contributed by atoms with Crippen LogP contribution in [0.15, 0.2) is 36.4 Å². The van der Waals surface area contributed by atoms with Crippen molar-refractivity contribution < 1.29 is 23.5 Å². The van der Waals surface area contributed by atoms with E-state index in [9.17, 15) is 14.0 Å². The van der Waals surface area contributed by atoms with Crippen molar-refractivity contribution in [3.8, 4) is 11.5 Å². The Morgan fingerprint density at radius 3 is 2.61 bits per heavy atom. The maximum atomic E-state index is 12.8. The standard InChI is InChI=1S/C16H13ClFNO4/c1-22-14-7-10(8-20)6-13(17)16(14)23-9-15(21)19-12-4-2-11(18)3-5-12/h2-8H,9H2,1H3,(H,19,21). The molecule has 0 aliphatic rings. The van der Waals surface area contributed by atoms with Gasteiger partial charge in [-0.1, -0.05) is 11.6 Å². The Morgan fingerprint density at radius 2 is 2.00 bits per heavy atom. The van der Waals surface area contributed by atoms with E-state index in [0.717, 1.165) is 0 Å². The molecule has 0 aliphatic carbocycles. The number of aldehydes is 1. The van der Waals surface area contributed by atoms with Crippen molar-refractivity contribution in [2.24, 2.45) is 0 Å². The number of carbonyl (C=O) groups is 2. The summed E-state index contributed by atoms with van der Waals surface area (Å²) in [5.74, 6) is -0.441. The Balaban J connectivity index is 2.04. The molecule has 0 radical (unpaired) electrons. The first kappa shape index (κ1) is 16.8. The average Bonchev–Trinajstić information content (AvgIpc) is 2.55. The topological polar surface area (TPSA) is 64.6 Å². The number of hydrogen-bond donors (Lipinski definition) is 1.